The second-order valence-electron chi connectivity index (χ2n) is 11.6. The summed E-state index contributed by atoms with van der Waals surface area (Å²) in [6, 6.07) is 21.7. The lowest BCUT2D eigenvalue weighted by Gasteiger charge is -2.31. The van der Waals surface area contributed by atoms with Crippen LogP contribution in [0.25, 0.3) is 5.82 Å². The molecule has 1 amide bonds. The van der Waals surface area contributed by atoms with Crippen molar-refractivity contribution in [1.82, 2.24) is 19.9 Å². The number of benzene rings is 2. The van der Waals surface area contributed by atoms with Gasteiger partial charge >= 0.3 is 0 Å². The van der Waals surface area contributed by atoms with Gasteiger partial charge in [0.05, 0.1) is 6.04 Å². The van der Waals surface area contributed by atoms with Crippen LogP contribution in [0.5, 0.6) is 0 Å². The van der Waals surface area contributed by atoms with Gasteiger partial charge in [0.2, 0.25) is 11.9 Å². The van der Waals surface area contributed by atoms with Crippen LogP contribution in [-0.2, 0) is 17.8 Å². The van der Waals surface area contributed by atoms with E-state index in [0.29, 0.717) is 29.3 Å². The van der Waals surface area contributed by atoms with Gasteiger partial charge in [0.15, 0.2) is 0 Å². The molecule has 2 unspecified atom stereocenters. The van der Waals surface area contributed by atoms with Crippen molar-refractivity contribution >= 4 is 29.3 Å². The summed E-state index contributed by atoms with van der Waals surface area (Å²) in [5, 5.41) is 11.0. The minimum absolute atomic E-state index is 0.0360. The van der Waals surface area contributed by atoms with Crippen LogP contribution < -0.4 is 16.0 Å². The van der Waals surface area contributed by atoms with Gasteiger partial charge in [0.25, 0.3) is 0 Å². The molecular formula is C34H39ClN6O. The maximum absolute atomic E-state index is 14.0. The predicted octanol–water partition coefficient (Wildman–Crippen LogP) is 7.48. The van der Waals surface area contributed by atoms with E-state index in [9.17, 15) is 4.79 Å². The second-order valence-corrected chi connectivity index (χ2v) is 12.0. The van der Waals surface area contributed by atoms with Gasteiger partial charge in [-0.2, -0.15) is 9.97 Å². The lowest BCUT2D eigenvalue weighted by atomic mass is 9.84. The highest BCUT2D eigenvalue weighted by molar-refractivity contribution is 6.30. The first-order chi connectivity index (χ1) is 20.6. The molecule has 2 atom stereocenters. The summed E-state index contributed by atoms with van der Waals surface area (Å²) in [5.41, 5.74) is 3.63. The molecule has 42 heavy (non-hydrogen) atoms. The molecule has 7 nitrogen and oxygen atoms in total. The number of aryl methyl sites for hydroxylation is 1. The number of hydrogen-bond acceptors (Lipinski definition) is 5. The van der Waals surface area contributed by atoms with Gasteiger partial charge in [0, 0.05) is 30.0 Å². The number of rotatable bonds is 10. The number of nitrogens with one attached hydrogen (secondary N) is 3. The first-order valence-electron chi connectivity index (χ1n) is 15.3. The molecule has 2 heterocycles. The highest BCUT2D eigenvalue weighted by Gasteiger charge is 2.29. The third kappa shape index (κ3) is 7.13. The minimum atomic E-state index is -0.393. The summed E-state index contributed by atoms with van der Waals surface area (Å²) >= 11 is 6.20. The number of aromatic nitrogens is 3. The molecule has 2 aromatic carbocycles. The number of halogens is 1. The molecule has 0 radical (unpaired) electrons. The zero-order valence-corrected chi connectivity index (χ0v) is 24.7. The summed E-state index contributed by atoms with van der Waals surface area (Å²) in [6.45, 7) is 0.530. The van der Waals surface area contributed by atoms with Crippen molar-refractivity contribution in [2.75, 3.05) is 10.6 Å². The van der Waals surface area contributed by atoms with Crippen molar-refractivity contribution in [1.29, 1.82) is 0 Å². The summed E-state index contributed by atoms with van der Waals surface area (Å²) < 4.78 is 1.95. The Morgan fingerprint density at radius 3 is 2.60 bits per heavy atom. The molecule has 1 saturated carbocycles. The molecule has 218 valence electrons. The Balaban J connectivity index is 1.25. The normalized spacial score (nSPS) is 17.7. The molecule has 2 aromatic heterocycles. The number of carbonyl (C=O) groups excluding carboxylic acids is 1. The lowest BCUT2D eigenvalue weighted by molar-refractivity contribution is -0.123. The fraction of sp³-hybridized carbons (Fsp3) is 0.382. The topological polar surface area (TPSA) is 83.9 Å². The van der Waals surface area contributed by atoms with Gasteiger partial charge < -0.3 is 20.5 Å². The van der Waals surface area contributed by atoms with Crippen LogP contribution in [-0.4, -0.2) is 26.5 Å². The largest absolute Gasteiger partial charge is 0.358 e. The number of anilines is 2. The van der Waals surface area contributed by atoms with Crippen molar-refractivity contribution in [3.05, 3.63) is 101 Å². The Bertz CT molecular complexity index is 1480. The Morgan fingerprint density at radius 2 is 1.76 bits per heavy atom. The molecule has 1 fully saturated rings. The van der Waals surface area contributed by atoms with Gasteiger partial charge in [0.1, 0.15) is 17.7 Å². The molecule has 4 aromatic rings. The Kier molecular flexibility index (Phi) is 9.04. The van der Waals surface area contributed by atoms with Crippen LogP contribution in [0.2, 0.25) is 5.02 Å². The van der Waals surface area contributed by atoms with E-state index in [0.717, 1.165) is 37.1 Å². The van der Waals surface area contributed by atoms with Crippen molar-refractivity contribution in [2.24, 2.45) is 5.92 Å². The van der Waals surface area contributed by atoms with Gasteiger partial charge in [-0.05, 0) is 72.6 Å². The van der Waals surface area contributed by atoms with Crippen molar-refractivity contribution < 1.29 is 4.79 Å². The summed E-state index contributed by atoms with van der Waals surface area (Å²) in [6.07, 6.45) is 13.9. The fourth-order valence-corrected chi connectivity index (χ4v) is 6.59. The van der Waals surface area contributed by atoms with Gasteiger partial charge in [-0.15, -0.1) is 0 Å². The zero-order chi connectivity index (χ0) is 28.7. The third-order valence-electron chi connectivity index (χ3n) is 8.54. The standard InChI is InChI=1S/C34H39ClN6O/c35-27-15-8-12-25(20-27)23-36-34-39-31(22-32(40-34)41-18-6-7-19-41)37-30(21-24-10-2-1-3-11-24)33(42)38-29-17-9-14-26-13-4-5-16-28(26)29/h4-8,12-13,15-16,18-20,22,24,29-30H,1-3,9-11,14,17,21,23H2,(H,38,42)(H2,36,37,39,40). The van der Waals surface area contributed by atoms with Crippen LogP contribution in [0.15, 0.2) is 79.1 Å². The van der Waals surface area contributed by atoms with Crippen LogP contribution in [0, 0.1) is 5.92 Å². The maximum Gasteiger partial charge on any atom is 0.243 e. The Hall–Kier alpha value is -3.84. The van der Waals surface area contributed by atoms with Crippen LogP contribution >= 0.6 is 11.6 Å². The van der Waals surface area contributed by atoms with E-state index in [1.165, 1.54) is 43.2 Å². The van der Waals surface area contributed by atoms with Gasteiger partial charge in [-0.25, -0.2) is 0 Å². The number of hydrogen-bond donors (Lipinski definition) is 3. The molecule has 3 N–H and O–H groups in total. The maximum atomic E-state index is 14.0. The van der Waals surface area contributed by atoms with Gasteiger partial charge in [-0.3, -0.25) is 4.79 Å². The molecule has 8 heteroatoms. The van der Waals surface area contributed by atoms with E-state index in [1.54, 1.807) is 0 Å². The molecule has 6 rings (SSSR count). The molecule has 0 saturated heterocycles. The molecule has 2 aliphatic rings. The summed E-state index contributed by atoms with van der Waals surface area (Å²) in [4.78, 5) is 23.6. The second kappa shape index (κ2) is 13.4. The average Bonchev–Trinajstić information content (AvgIpc) is 3.56. The van der Waals surface area contributed by atoms with Crippen LogP contribution in [0.1, 0.15) is 74.1 Å². The Labute approximate surface area is 253 Å². The van der Waals surface area contributed by atoms with E-state index >= 15 is 0 Å². The zero-order valence-electron chi connectivity index (χ0n) is 23.9. The minimum Gasteiger partial charge on any atom is -0.358 e. The lowest BCUT2D eigenvalue weighted by Crippen LogP contribution is -2.43. The Morgan fingerprint density at radius 1 is 0.929 bits per heavy atom. The smallest absolute Gasteiger partial charge is 0.243 e. The quantitative estimate of drug-likeness (QED) is 0.180. The predicted molar refractivity (Wildman–Crippen MR) is 169 cm³/mol. The first-order valence-corrected chi connectivity index (χ1v) is 15.6. The monoisotopic (exact) mass is 582 g/mol. The highest BCUT2D eigenvalue weighted by atomic mass is 35.5. The summed E-state index contributed by atoms with van der Waals surface area (Å²) in [5.74, 6) is 2.40. The number of carbonyl (C=O) groups is 1. The molecule has 2 aliphatic carbocycles. The van der Waals surface area contributed by atoms with E-state index in [1.807, 2.05) is 59.4 Å². The number of fused-ring (bicyclic) bond motifs is 1. The van der Waals surface area contributed by atoms with Gasteiger partial charge in [-0.1, -0.05) is 80.1 Å². The fourth-order valence-electron chi connectivity index (χ4n) is 6.38. The molecule has 0 bridgehead atoms. The van der Waals surface area contributed by atoms with Crippen molar-refractivity contribution in [2.45, 2.75) is 76.4 Å². The average molecular weight is 583 g/mol. The van der Waals surface area contributed by atoms with Crippen molar-refractivity contribution in [3.63, 3.8) is 0 Å². The first kappa shape index (κ1) is 28.3. The van der Waals surface area contributed by atoms with E-state index in [2.05, 4.69) is 40.2 Å². The van der Waals surface area contributed by atoms with Crippen molar-refractivity contribution in [3.8, 4) is 5.82 Å². The molecule has 0 spiro atoms. The number of amides is 1. The van der Waals surface area contributed by atoms with Crippen LogP contribution in [0.3, 0.4) is 0 Å². The van der Waals surface area contributed by atoms with E-state index < -0.39 is 6.04 Å². The SMILES string of the molecule is O=C(NC1CCCc2ccccc21)C(CC1CCCCC1)Nc1cc(-n2cccc2)nc(NCc2cccc(Cl)c2)n1. The third-order valence-corrected chi connectivity index (χ3v) is 8.77. The highest BCUT2D eigenvalue weighted by Crippen LogP contribution is 2.31. The molecular weight excluding hydrogens is 544 g/mol. The molecule has 0 aliphatic heterocycles. The van der Waals surface area contributed by atoms with Crippen LogP contribution in [0.4, 0.5) is 11.8 Å². The van der Waals surface area contributed by atoms with E-state index in [-0.39, 0.29) is 11.9 Å². The summed E-state index contributed by atoms with van der Waals surface area (Å²) in [7, 11) is 0. The number of nitrogens with zero attached hydrogens (tertiary/aromatic N) is 3. The van der Waals surface area contributed by atoms with E-state index in [4.69, 9.17) is 21.6 Å².